The van der Waals surface area contributed by atoms with E-state index in [1.54, 1.807) is 12.3 Å². The molecule has 0 radical (unpaired) electrons. The average Bonchev–Trinajstić information content (AvgIpc) is 2.89. The van der Waals surface area contributed by atoms with Crippen LogP contribution in [0.3, 0.4) is 0 Å². The molecule has 1 aromatic heterocycles. The fraction of sp³-hybridized carbons (Fsp3) is 0.400. The Morgan fingerprint density at radius 2 is 1.96 bits per heavy atom. The summed E-state index contributed by atoms with van der Waals surface area (Å²) in [4.78, 5) is 12.2. The summed E-state index contributed by atoms with van der Waals surface area (Å²) in [5.41, 5.74) is 6.75. The molecule has 1 fully saturated rings. The Hall–Kier alpha value is -1.88. The molecule has 0 aliphatic heterocycles. The van der Waals surface area contributed by atoms with Crippen LogP contribution in [0.2, 0.25) is 0 Å². The van der Waals surface area contributed by atoms with Crippen LogP contribution in [0.25, 0.3) is 0 Å². The van der Waals surface area contributed by atoms with Crippen molar-refractivity contribution in [3.63, 3.8) is 0 Å². The molecular formula is C20H24BrN3O. The summed E-state index contributed by atoms with van der Waals surface area (Å²) < 4.78 is 3.20. The Morgan fingerprint density at radius 1 is 1.24 bits per heavy atom. The summed E-state index contributed by atoms with van der Waals surface area (Å²) in [6.45, 7) is 4.29. The summed E-state index contributed by atoms with van der Waals surface area (Å²) in [7, 11) is 0. The fourth-order valence-electron chi connectivity index (χ4n) is 3.70. The minimum Gasteiger partial charge on any atom is -0.345 e. The summed E-state index contributed by atoms with van der Waals surface area (Å²) in [6, 6.07) is 10.1. The van der Waals surface area contributed by atoms with Crippen LogP contribution in [0, 0.1) is 13.8 Å². The molecule has 0 bridgehead atoms. The van der Waals surface area contributed by atoms with E-state index < -0.39 is 0 Å². The van der Waals surface area contributed by atoms with Gasteiger partial charge in [-0.25, -0.2) is 5.43 Å². The molecule has 1 aliphatic rings. The van der Waals surface area contributed by atoms with Crippen LogP contribution in [0.15, 0.2) is 39.9 Å². The summed E-state index contributed by atoms with van der Waals surface area (Å²) >= 11 is 3.39. The zero-order valence-electron chi connectivity index (χ0n) is 14.8. The van der Waals surface area contributed by atoms with Gasteiger partial charge in [0.25, 0.3) is 5.91 Å². The van der Waals surface area contributed by atoms with Crippen LogP contribution < -0.4 is 5.43 Å². The molecule has 0 saturated heterocycles. The standard InChI is InChI=1S/C20H24BrN3O/c1-14-12-16(15(2)24(14)17-8-4-3-5-9-17)13-22-23-20(25)18-10-6-7-11-19(18)21/h6-7,10-13,17H,3-5,8-9H2,1-2H3,(H,23,25). The van der Waals surface area contributed by atoms with Gasteiger partial charge in [-0.1, -0.05) is 31.4 Å². The number of carbonyl (C=O) groups is 1. The Kier molecular flexibility index (Phi) is 5.74. The van der Waals surface area contributed by atoms with Gasteiger partial charge in [-0.15, -0.1) is 0 Å². The van der Waals surface area contributed by atoms with Crippen molar-refractivity contribution in [3.8, 4) is 0 Å². The van der Waals surface area contributed by atoms with Gasteiger partial charge in [0.2, 0.25) is 0 Å². The maximum Gasteiger partial charge on any atom is 0.272 e. The van der Waals surface area contributed by atoms with Gasteiger partial charge < -0.3 is 4.57 Å². The number of aryl methyl sites for hydroxylation is 1. The van der Waals surface area contributed by atoms with Crippen molar-refractivity contribution in [2.24, 2.45) is 5.10 Å². The summed E-state index contributed by atoms with van der Waals surface area (Å²) in [6.07, 6.45) is 8.24. The summed E-state index contributed by atoms with van der Waals surface area (Å²) in [5, 5.41) is 4.16. The molecule has 0 spiro atoms. The number of hydrogen-bond acceptors (Lipinski definition) is 2. The molecule has 1 N–H and O–H groups in total. The lowest BCUT2D eigenvalue weighted by molar-refractivity contribution is 0.0954. The van der Waals surface area contributed by atoms with Gasteiger partial charge in [0.1, 0.15) is 0 Å². The first-order valence-corrected chi connectivity index (χ1v) is 9.63. The number of carbonyl (C=O) groups excluding carboxylic acids is 1. The predicted octanol–water partition coefficient (Wildman–Crippen LogP) is 5.14. The molecule has 1 amide bonds. The van der Waals surface area contributed by atoms with Gasteiger partial charge in [0, 0.05) is 27.5 Å². The largest absolute Gasteiger partial charge is 0.345 e. The maximum atomic E-state index is 12.2. The second-order valence-electron chi connectivity index (χ2n) is 6.67. The van der Waals surface area contributed by atoms with Crippen LogP contribution >= 0.6 is 15.9 Å². The third-order valence-electron chi connectivity index (χ3n) is 4.95. The Labute approximate surface area is 157 Å². The number of nitrogens with zero attached hydrogens (tertiary/aromatic N) is 2. The van der Waals surface area contributed by atoms with E-state index >= 15 is 0 Å². The van der Waals surface area contributed by atoms with E-state index in [2.05, 4.69) is 50.9 Å². The maximum absolute atomic E-state index is 12.2. The topological polar surface area (TPSA) is 46.4 Å². The molecule has 4 nitrogen and oxygen atoms in total. The molecule has 25 heavy (non-hydrogen) atoms. The van der Waals surface area contributed by atoms with E-state index in [9.17, 15) is 4.79 Å². The highest BCUT2D eigenvalue weighted by atomic mass is 79.9. The first-order chi connectivity index (χ1) is 12.1. The fourth-order valence-corrected chi connectivity index (χ4v) is 4.17. The minimum atomic E-state index is -0.218. The molecule has 1 aromatic carbocycles. The Morgan fingerprint density at radius 3 is 2.68 bits per heavy atom. The third-order valence-corrected chi connectivity index (χ3v) is 5.64. The second-order valence-corrected chi connectivity index (χ2v) is 7.52. The third kappa shape index (κ3) is 4.03. The average molecular weight is 402 g/mol. The molecular weight excluding hydrogens is 378 g/mol. The molecule has 132 valence electrons. The number of hydrazone groups is 1. The van der Waals surface area contributed by atoms with Crippen LogP contribution in [0.5, 0.6) is 0 Å². The summed E-state index contributed by atoms with van der Waals surface area (Å²) in [5.74, 6) is -0.218. The zero-order chi connectivity index (χ0) is 17.8. The van der Waals surface area contributed by atoms with Gasteiger partial charge in [0.15, 0.2) is 0 Å². The number of benzene rings is 1. The molecule has 2 aromatic rings. The lowest BCUT2D eigenvalue weighted by Crippen LogP contribution is -2.18. The minimum absolute atomic E-state index is 0.218. The predicted molar refractivity (Wildman–Crippen MR) is 105 cm³/mol. The lowest BCUT2D eigenvalue weighted by atomic mass is 9.95. The molecule has 5 heteroatoms. The van der Waals surface area contributed by atoms with Crippen LogP contribution in [-0.4, -0.2) is 16.7 Å². The van der Waals surface area contributed by atoms with E-state index in [1.807, 2.05) is 18.2 Å². The van der Waals surface area contributed by atoms with Gasteiger partial charge in [0.05, 0.1) is 11.8 Å². The van der Waals surface area contributed by atoms with E-state index in [1.165, 1.54) is 43.5 Å². The lowest BCUT2D eigenvalue weighted by Gasteiger charge is -2.26. The molecule has 0 atom stereocenters. The van der Waals surface area contributed by atoms with Crippen molar-refractivity contribution >= 4 is 28.1 Å². The highest BCUT2D eigenvalue weighted by Crippen LogP contribution is 2.31. The van der Waals surface area contributed by atoms with Crippen molar-refractivity contribution in [1.82, 2.24) is 9.99 Å². The molecule has 0 unspecified atom stereocenters. The Balaban J connectivity index is 1.71. The molecule has 1 aliphatic carbocycles. The van der Waals surface area contributed by atoms with Crippen molar-refractivity contribution in [2.75, 3.05) is 0 Å². The van der Waals surface area contributed by atoms with Crippen molar-refractivity contribution < 1.29 is 4.79 Å². The number of nitrogens with one attached hydrogen (secondary N) is 1. The van der Waals surface area contributed by atoms with E-state index in [0.717, 1.165) is 10.0 Å². The molecule has 1 heterocycles. The number of aromatic nitrogens is 1. The van der Waals surface area contributed by atoms with Crippen molar-refractivity contribution in [3.05, 3.63) is 57.3 Å². The number of halogens is 1. The SMILES string of the molecule is Cc1cc(C=NNC(=O)c2ccccc2Br)c(C)n1C1CCCCC1. The first-order valence-electron chi connectivity index (χ1n) is 8.84. The van der Waals surface area contributed by atoms with E-state index in [4.69, 9.17) is 0 Å². The first kappa shape index (κ1) is 17.9. The quantitative estimate of drug-likeness (QED) is 0.559. The number of amides is 1. The molecule has 3 rings (SSSR count). The normalized spacial score (nSPS) is 15.6. The van der Waals surface area contributed by atoms with Gasteiger partial charge >= 0.3 is 0 Å². The Bertz CT molecular complexity index is 788. The van der Waals surface area contributed by atoms with E-state index in [-0.39, 0.29) is 5.91 Å². The highest BCUT2D eigenvalue weighted by molar-refractivity contribution is 9.10. The zero-order valence-corrected chi connectivity index (χ0v) is 16.3. The smallest absolute Gasteiger partial charge is 0.272 e. The van der Waals surface area contributed by atoms with Gasteiger partial charge in [-0.3, -0.25) is 4.79 Å². The van der Waals surface area contributed by atoms with Gasteiger partial charge in [-0.2, -0.15) is 5.10 Å². The number of rotatable bonds is 4. The van der Waals surface area contributed by atoms with Crippen LogP contribution in [-0.2, 0) is 0 Å². The van der Waals surface area contributed by atoms with Crippen LogP contribution in [0.1, 0.15) is 65.5 Å². The highest BCUT2D eigenvalue weighted by Gasteiger charge is 2.19. The van der Waals surface area contributed by atoms with Crippen LogP contribution in [0.4, 0.5) is 0 Å². The van der Waals surface area contributed by atoms with Gasteiger partial charge in [-0.05, 0) is 60.8 Å². The monoisotopic (exact) mass is 401 g/mol. The van der Waals surface area contributed by atoms with Crippen molar-refractivity contribution in [2.45, 2.75) is 52.0 Å². The molecule has 1 saturated carbocycles. The van der Waals surface area contributed by atoms with Crippen molar-refractivity contribution in [1.29, 1.82) is 0 Å². The number of hydrogen-bond donors (Lipinski definition) is 1. The second kappa shape index (κ2) is 8.00. The van der Waals surface area contributed by atoms with E-state index in [0.29, 0.717) is 11.6 Å².